The Morgan fingerprint density at radius 1 is 1.31 bits per heavy atom. The number of nitrogens with one attached hydrogen (secondary N) is 1. The molecule has 1 aromatic carbocycles. The van der Waals surface area contributed by atoms with Crippen LogP contribution in [0.2, 0.25) is 0 Å². The molecule has 1 aromatic rings. The molecule has 1 aliphatic heterocycles. The Hall–Kier alpha value is -1.09. The van der Waals surface area contributed by atoms with E-state index >= 15 is 0 Å². The number of anilines is 1. The van der Waals surface area contributed by atoms with Gasteiger partial charge in [-0.15, -0.1) is 0 Å². The van der Waals surface area contributed by atoms with Crippen molar-refractivity contribution in [3.63, 3.8) is 0 Å². The molecule has 0 saturated carbocycles. The first-order valence-electron chi connectivity index (χ1n) is 5.76. The third-order valence-electron chi connectivity index (χ3n) is 3.20. The van der Waals surface area contributed by atoms with E-state index in [0.29, 0.717) is 6.04 Å². The molecule has 0 amide bonds. The van der Waals surface area contributed by atoms with Crippen LogP contribution in [0, 0.1) is 5.82 Å². The SMILES string of the molecule is CC1CNCC(C)(C)N1c1ccc(F)cc1. The summed E-state index contributed by atoms with van der Waals surface area (Å²) in [6.07, 6.45) is 0. The summed E-state index contributed by atoms with van der Waals surface area (Å²) in [5, 5.41) is 3.42. The quantitative estimate of drug-likeness (QED) is 0.785. The van der Waals surface area contributed by atoms with Gasteiger partial charge in [-0.2, -0.15) is 0 Å². The number of benzene rings is 1. The molecule has 2 rings (SSSR count). The minimum atomic E-state index is -0.177. The lowest BCUT2D eigenvalue weighted by Crippen LogP contribution is -2.62. The summed E-state index contributed by atoms with van der Waals surface area (Å²) in [7, 11) is 0. The Bertz CT molecular complexity index is 359. The van der Waals surface area contributed by atoms with Crippen LogP contribution < -0.4 is 10.2 Å². The minimum absolute atomic E-state index is 0.0650. The summed E-state index contributed by atoms with van der Waals surface area (Å²) in [5.74, 6) is -0.177. The van der Waals surface area contributed by atoms with Crippen molar-refractivity contribution in [3.05, 3.63) is 30.1 Å². The predicted molar refractivity (Wildman–Crippen MR) is 65.3 cm³/mol. The van der Waals surface area contributed by atoms with E-state index in [1.165, 1.54) is 12.1 Å². The highest BCUT2D eigenvalue weighted by molar-refractivity contribution is 5.50. The van der Waals surface area contributed by atoms with Crippen molar-refractivity contribution in [1.29, 1.82) is 0 Å². The van der Waals surface area contributed by atoms with Crippen LogP contribution >= 0.6 is 0 Å². The maximum Gasteiger partial charge on any atom is 0.123 e. The molecule has 0 bridgehead atoms. The van der Waals surface area contributed by atoms with E-state index in [1.807, 2.05) is 12.1 Å². The number of hydrogen-bond acceptors (Lipinski definition) is 2. The van der Waals surface area contributed by atoms with Crippen molar-refractivity contribution < 1.29 is 4.39 Å². The van der Waals surface area contributed by atoms with Crippen molar-refractivity contribution >= 4 is 5.69 Å². The second-order valence-corrected chi connectivity index (χ2v) is 5.14. The summed E-state index contributed by atoms with van der Waals surface area (Å²) < 4.78 is 12.9. The Labute approximate surface area is 96.5 Å². The zero-order valence-electron chi connectivity index (χ0n) is 10.1. The lowest BCUT2D eigenvalue weighted by atomic mass is 9.95. The number of rotatable bonds is 1. The maximum absolute atomic E-state index is 12.9. The molecule has 1 fully saturated rings. The largest absolute Gasteiger partial charge is 0.361 e. The van der Waals surface area contributed by atoms with Crippen LogP contribution in [0.4, 0.5) is 10.1 Å². The summed E-state index contributed by atoms with van der Waals surface area (Å²) in [4.78, 5) is 2.36. The predicted octanol–water partition coefficient (Wildman–Crippen LogP) is 2.40. The van der Waals surface area contributed by atoms with Crippen LogP contribution in [0.3, 0.4) is 0 Å². The second kappa shape index (κ2) is 4.06. The van der Waals surface area contributed by atoms with E-state index in [1.54, 1.807) is 0 Å². The fraction of sp³-hybridized carbons (Fsp3) is 0.538. The van der Waals surface area contributed by atoms with E-state index in [4.69, 9.17) is 0 Å². The molecule has 1 N–H and O–H groups in total. The first kappa shape index (κ1) is 11.4. The summed E-state index contributed by atoms with van der Waals surface area (Å²) in [5.41, 5.74) is 1.16. The standard InChI is InChI=1S/C13H19FN2/c1-10-8-15-9-13(2,3)16(10)12-6-4-11(14)5-7-12/h4-7,10,15H,8-9H2,1-3H3. The zero-order valence-corrected chi connectivity index (χ0v) is 10.1. The molecular formula is C13H19FN2. The van der Waals surface area contributed by atoms with E-state index in [2.05, 4.69) is 31.0 Å². The first-order chi connectivity index (χ1) is 7.50. The van der Waals surface area contributed by atoms with Crippen LogP contribution in [-0.2, 0) is 0 Å². The molecule has 1 atom stereocenters. The maximum atomic E-state index is 12.9. The fourth-order valence-electron chi connectivity index (χ4n) is 2.57. The van der Waals surface area contributed by atoms with Crippen molar-refractivity contribution in [2.24, 2.45) is 0 Å². The molecule has 1 heterocycles. The Kier molecular flexibility index (Phi) is 2.89. The van der Waals surface area contributed by atoms with Crippen LogP contribution in [-0.4, -0.2) is 24.7 Å². The molecule has 2 nitrogen and oxygen atoms in total. The second-order valence-electron chi connectivity index (χ2n) is 5.14. The monoisotopic (exact) mass is 222 g/mol. The van der Waals surface area contributed by atoms with E-state index in [-0.39, 0.29) is 11.4 Å². The number of piperazine rings is 1. The summed E-state index contributed by atoms with van der Waals surface area (Å²) in [6.45, 7) is 8.53. The molecular weight excluding hydrogens is 203 g/mol. The van der Waals surface area contributed by atoms with Crippen LogP contribution in [0.1, 0.15) is 20.8 Å². The molecule has 0 aliphatic carbocycles. The molecule has 0 spiro atoms. The van der Waals surface area contributed by atoms with E-state index in [0.717, 1.165) is 18.8 Å². The molecule has 1 unspecified atom stereocenters. The highest BCUT2D eigenvalue weighted by atomic mass is 19.1. The number of nitrogens with zero attached hydrogens (tertiary/aromatic N) is 1. The highest BCUT2D eigenvalue weighted by Crippen LogP contribution is 2.28. The van der Waals surface area contributed by atoms with Gasteiger partial charge < -0.3 is 10.2 Å². The average molecular weight is 222 g/mol. The molecule has 3 heteroatoms. The molecule has 0 radical (unpaired) electrons. The van der Waals surface area contributed by atoms with Gasteiger partial charge in [0, 0.05) is 30.4 Å². The van der Waals surface area contributed by atoms with Crippen molar-refractivity contribution in [3.8, 4) is 0 Å². The van der Waals surface area contributed by atoms with E-state index < -0.39 is 0 Å². The van der Waals surface area contributed by atoms with Gasteiger partial charge in [-0.3, -0.25) is 0 Å². The van der Waals surface area contributed by atoms with Gasteiger partial charge in [-0.1, -0.05) is 0 Å². The number of halogens is 1. The Balaban J connectivity index is 2.32. The fourth-order valence-corrected chi connectivity index (χ4v) is 2.57. The number of hydrogen-bond donors (Lipinski definition) is 1. The summed E-state index contributed by atoms with van der Waals surface area (Å²) >= 11 is 0. The molecule has 88 valence electrons. The molecule has 0 aromatic heterocycles. The zero-order chi connectivity index (χ0) is 11.8. The van der Waals surface area contributed by atoms with Gasteiger partial charge in [0.25, 0.3) is 0 Å². The van der Waals surface area contributed by atoms with Gasteiger partial charge in [0.15, 0.2) is 0 Å². The van der Waals surface area contributed by atoms with Crippen molar-refractivity contribution in [2.45, 2.75) is 32.4 Å². The Morgan fingerprint density at radius 3 is 2.50 bits per heavy atom. The Morgan fingerprint density at radius 2 is 1.94 bits per heavy atom. The molecule has 1 aliphatic rings. The lowest BCUT2D eigenvalue weighted by Gasteiger charge is -2.48. The van der Waals surface area contributed by atoms with Crippen molar-refractivity contribution in [2.75, 3.05) is 18.0 Å². The van der Waals surface area contributed by atoms with Gasteiger partial charge in [0.1, 0.15) is 5.82 Å². The summed E-state index contributed by atoms with van der Waals surface area (Å²) in [6, 6.07) is 7.20. The molecule has 1 saturated heterocycles. The smallest absolute Gasteiger partial charge is 0.123 e. The van der Waals surface area contributed by atoms with Crippen molar-refractivity contribution in [1.82, 2.24) is 5.32 Å². The van der Waals surface area contributed by atoms with Crippen LogP contribution in [0.25, 0.3) is 0 Å². The highest BCUT2D eigenvalue weighted by Gasteiger charge is 2.33. The third kappa shape index (κ3) is 2.05. The topological polar surface area (TPSA) is 15.3 Å². The third-order valence-corrected chi connectivity index (χ3v) is 3.20. The van der Waals surface area contributed by atoms with Gasteiger partial charge in [0.2, 0.25) is 0 Å². The molecule has 16 heavy (non-hydrogen) atoms. The van der Waals surface area contributed by atoms with Crippen LogP contribution in [0.15, 0.2) is 24.3 Å². The van der Waals surface area contributed by atoms with Gasteiger partial charge in [-0.05, 0) is 45.0 Å². The normalized spacial score (nSPS) is 24.5. The van der Waals surface area contributed by atoms with Gasteiger partial charge >= 0.3 is 0 Å². The van der Waals surface area contributed by atoms with Gasteiger partial charge in [0.05, 0.1) is 0 Å². The average Bonchev–Trinajstić information content (AvgIpc) is 2.19. The van der Waals surface area contributed by atoms with Crippen LogP contribution in [0.5, 0.6) is 0 Å². The minimum Gasteiger partial charge on any atom is -0.361 e. The lowest BCUT2D eigenvalue weighted by molar-refractivity contribution is 0.333. The van der Waals surface area contributed by atoms with E-state index in [9.17, 15) is 4.39 Å². The van der Waals surface area contributed by atoms with Gasteiger partial charge in [-0.25, -0.2) is 4.39 Å². The first-order valence-corrected chi connectivity index (χ1v) is 5.76.